The van der Waals surface area contributed by atoms with Gasteiger partial charge in [0.1, 0.15) is 5.82 Å². The van der Waals surface area contributed by atoms with Gasteiger partial charge in [0.05, 0.1) is 17.5 Å². The third kappa shape index (κ3) is 3.06. The van der Waals surface area contributed by atoms with Gasteiger partial charge in [-0.25, -0.2) is 0 Å². The fourth-order valence-corrected chi connectivity index (χ4v) is 4.03. The number of primary amides is 1. The number of benzene rings is 1. The maximum absolute atomic E-state index is 13.2. The standard InChI is InChI=1S/C20H22N6O2/c1-11-10-26(2)14-9-8-13(20(28)22-16(11)14)15(12-6-4-3-5-7-12)18-23-19(17(21)27)25-24-18/h3-7,10,13,15H,8-9H2,1-2H3,(H2,21,27)(H,22,28)(H,23,24,25). The zero-order valence-corrected chi connectivity index (χ0v) is 15.8. The van der Waals surface area contributed by atoms with Crippen LogP contribution in [0.2, 0.25) is 0 Å². The molecule has 0 spiro atoms. The number of rotatable bonds is 4. The third-order valence-electron chi connectivity index (χ3n) is 5.37. The zero-order chi connectivity index (χ0) is 19.8. The summed E-state index contributed by atoms with van der Waals surface area (Å²) in [6.07, 6.45) is 3.42. The molecule has 4 rings (SSSR count). The van der Waals surface area contributed by atoms with Crippen molar-refractivity contribution in [2.24, 2.45) is 18.7 Å². The van der Waals surface area contributed by atoms with Gasteiger partial charge in [0.15, 0.2) is 0 Å². The number of H-pyrrole nitrogens is 1. The van der Waals surface area contributed by atoms with Crippen LogP contribution in [0.5, 0.6) is 0 Å². The van der Waals surface area contributed by atoms with E-state index in [-0.39, 0.29) is 23.6 Å². The monoisotopic (exact) mass is 378 g/mol. The van der Waals surface area contributed by atoms with E-state index in [1.165, 1.54) is 0 Å². The molecule has 28 heavy (non-hydrogen) atoms. The maximum atomic E-state index is 13.2. The number of fused-ring (bicyclic) bond motifs is 1. The number of hydrogen-bond acceptors (Lipinski definition) is 4. The molecule has 0 radical (unpaired) electrons. The Balaban J connectivity index is 1.75. The lowest BCUT2D eigenvalue weighted by Gasteiger charge is -2.23. The van der Waals surface area contributed by atoms with Crippen molar-refractivity contribution in [3.63, 3.8) is 0 Å². The fourth-order valence-electron chi connectivity index (χ4n) is 4.03. The average Bonchev–Trinajstić information content (AvgIpc) is 3.20. The average molecular weight is 378 g/mol. The number of carbonyl (C=O) groups is 2. The molecule has 2 unspecified atom stereocenters. The maximum Gasteiger partial charge on any atom is 0.286 e. The first-order valence-electron chi connectivity index (χ1n) is 9.18. The van der Waals surface area contributed by atoms with Crippen LogP contribution in [0.4, 0.5) is 5.69 Å². The smallest absolute Gasteiger partial charge is 0.286 e. The molecule has 144 valence electrons. The molecular weight excluding hydrogens is 356 g/mol. The van der Waals surface area contributed by atoms with Gasteiger partial charge in [-0.15, -0.1) is 10.2 Å². The SMILES string of the molecule is Cc1cn(C)c2c1NC(=O)C(C(c1ccccc1)c1nnc(C(N)=O)[nH]1)CC2. The van der Waals surface area contributed by atoms with Crippen LogP contribution < -0.4 is 11.1 Å². The summed E-state index contributed by atoms with van der Waals surface area (Å²) in [4.78, 5) is 27.6. The predicted octanol–water partition coefficient (Wildman–Crippen LogP) is 1.88. The lowest BCUT2D eigenvalue weighted by atomic mass is 9.82. The topological polar surface area (TPSA) is 119 Å². The van der Waals surface area contributed by atoms with Crippen LogP contribution >= 0.6 is 0 Å². The van der Waals surface area contributed by atoms with Crippen molar-refractivity contribution in [2.45, 2.75) is 25.7 Å². The van der Waals surface area contributed by atoms with Crippen LogP contribution in [0, 0.1) is 12.8 Å². The van der Waals surface area contributed by atoms with E-state index in [9.17, 15) is 9.59 Å². The van der Waals surface area contributed by atoms with E-state index in [2.05, 4.69) is 25.1 Å². The van der Waals surface area contributed by atoms with E-state index in [1.807, 2.05) is 50.5 Å². The normalized spacial score (nSPS) is 17.5. The first-order chi connectivity index (χ1) is 13.5. The van der Waals surface area contributed by atoms with Crippen LogP contribution in [-0.2, 0) is 18.3 Å². The molecule has 0 fully saturated rings. The molecule has 2 aromatic heterocycles. The summed E-state index contributed by atoms with van der Waals surface area (Å²) in [5.74, 6) is -1.04. The largest absolute Gasteiger partial charge is 0.363 e. The summed E-state index contributed by atoms with van der Waals surface area (Å²) in [5.41, 5.74) is 9.28. The first kappa shape index (κ1) is 18.0. The Morgan fingerprint density at radius 2 is 2.04 bits per heavy atom. The molecule has 2 atom stereocenters. The highest BCUT2D eigenvalue weighted by molar-refractivity contribution is 5.95. The number of hydrogen-bond donors (Lipinski definition) is 3. The van der Waals surface area contributed by atoms with Crippen LogP contribution in [0.1, 0.15) is 45.6 Å². The van der Waals surface area contributed by atoms with Crippen molar-refractivity contribution >= 4 is 17.5 Å². The minimum atomic E-state index is -0.682. The summed E-state index contributed by atoms with van der Waals surface area (Å²) in [6, 6.07) is 9.66. The Morgan fingerprint density at radius 1 is 1.29 bits per heavy atom. The fraction of sp³-hybridized carbons (Fsp3) is 0.300. The van der Waals surface area contributed by atoms with E-state index >= 15 is 0 Å². The van der Waals surface area contributed by atoms with Gasteiger partial charge in [-0.05, 0) is 30.9 Å². The second-order valence-corrected chi connectivity index (χ2v) is 7.19. The molecule has 0 aliphatic carbocycles. The second-order valence-electron chi connectivity index (χ2n) is 7.19. The van der Waals surface area contributed by atoms with Crippen LogP contribution in [0.25, 0.3) is 0 Å². The van der Waals surface area contributed by atoms with Gasteiger partial charge in [0.25, 0.3) is 5.91 Å². The number of anilines is 1. The van der Waals surface area contributed by atoms with E-state index < -0.39 is 5.91 Å². The number of nitrogens with two attached hydrogens (primary N) is 1. The number of aromatic nitrogens is 4. The number of amides is 2. The lowest BCUT2D eigenvalue weighted by Crippen LogP contribution is -2.29. The van der Waals surface area contributed by atoms with Gasteiger partial charge in [-0.1, -0.05) is 30.3 Å². The number of carbonyl (C=O) groups excluding carboxylic acids is 2. The second kappa shape index (κ2) is 6.95. The van der Waals surface area contributed by atoms with Crippen molar-refractivity contribution in [1.29, 1.82) is 0 Å². The van der Waals surface area contributed by atoms with Crippen LogP contribution in [-0.4, -0.2) is 31.6 Å². The molecule has 1 aliphatic rings. The molecule has 8 heteroatoms. The lowest BCUT2D eigenvalue weighted by molar-refractivity contribution is -0.120. The Labute approximate surface area is 162 Å². The Kier molecular flexibility index (Phi) is 4.46. The summed E-state index contributed by atoms with van der Waals surface area (Å²) < 4.78 is 2.06. The van der Waals surface area contributed by atoms with Crippen molar-refractivity contribution in [2.75, 3.05) is 5.32 Å². The van der Waals surface area contributed by atoms with Crippen molar-refractivity contribution in [3.05, 3.63) is 65.0 Å². The molecule has 1 aromatic carbocycles. The van der Waals surface area contributed by atoms with Gasteiger partial charge < -0.3 is 20.6 Å². The van der Waals surface area contributed by atoms with E-state index in [0.717, 1.165) is 28.9 Å². The minimum Gasteiger partial charge on any atom is -0.363 e. The van der Waals surface area contributed by atoms with Gasteiger partial charge in [0, 0.05) is 18.9 Å². The van der Waals surface area contributed by atoms with Gasteiger partial charge in [0.2, 0.25) is 11.7 Å². The van der Waals surface area contributed by atoms with Crippen molar-refractivity contribution < 1.29 is 9.59 Å². The quantitative estimate of drug-likeness (QED) is 0.642. The highest BCUT2D eigenvalue weighted by Gasteiger charge is 2.36. The summed E-state index contributed by atoms with van der Waals surface area (Å²) in [6.45, 7) is 1.99. The summed E-state index contributed by atoms with van der Waals surface area (Å²) >= 11 is 0. The number of nitrogens with zero attached hydrogens (tertiary/aromatic N) is 3. The Morgan fingerprint density at radius 3 is 2.71 bits per heavy atom. The third-order valence-corrected chi connectivity index (χ3v) is 5.37. The zero-order valence-electron chi connectivity index (χ0n) is 15.8. The summed E-state index contributed by atoms with van der Waals surface area (Å²) in [7, 11) is 1.99. The number of aryl methyl sites for hydroxylation is 2. The van der Waals surface area contributed by atoms with E-state index in [0.29, 0.717) is 12.2 Å². The van der Waals surface area contributed by atoms with E-state index in [1.54, 1.807) is 0 Å². The highest BCUT2D eigenvalue weighted by Crippen LogP contribution is 2.37. The van der Waals surface area contributed by atoms with Gasteiger partial charge in [-0.3, -0.25) is 9.59 Å². The molecular formula is C20H22N6O2. The Hall–Kier alpha value is -3.42. The molecule has 2 amide bonds. The van der Waals surface area contributed by atoms with E-state index in [4.69, 9.17) is 5.73 Å². The molecule has 1 aliphatic heterocycles. The number of aromatic amines is 1. The molecule has 0 bridgehead atoms. The van der Waals surface area contributed by atoms with Crippen LogP contribution in [0.15, 0.2) is 36.5 Å². The molecule has 0 saturated heterocycles. The molecule has 4 N–H and O–H groups in total. The Bertz CT molecular complexity index is 1040. The number of nitrogens with one attached hydrogen (secondary N) is 2. The van der Waals surface area contributed by atoms with Crippen molar-refractivity contribution in [1.82, 2.24) is 19.7 Å². The van der Waals surface area contributed by atoms with Crippen molar-refractivity contribution in [3.8, 4) is 0 Å². The minimum absolute atomic E-state index is 0.0101. The predicted molar refractivity (Wildman–Crippen MR) is 104 cm³/mol. The molecule has 3 aromatic rings. The molecule has 3 heterocycles. The molecule has 8 nitrogen and oxygen atoms in total. The van der Waals surface area contributed by atoms with Gasteiger partial charge in [-0.2, -0.15) is 0 Å². The van der Waals surface area contributed by atoms with Gasteiger partial charge >= 0.3 is 0 Å². The molecule has 0 saturated carbocycles. The highest BCUT2D eigenvalue weighted by atomic mass is 16.2. The summed E-state index contributed by atoms with van der Waals surface area (Å²) in [5, 5.41) is 11.1. The first-order valence-corrected chi connectivity index (χ1v) is 9.18. The van der Waals surface area contributed by atoms with Crippen LogP contribution in [0.3, 0.4) is 0 Å².